The predicted molar refractivity (Wildman–Crippen MR) is 193 cm³/mol. The lowest BCUT2D eigenvalue weighted by molar-refractivity contribution is 0.434. The van der Waals surface area contributed by atoms with Crippen LogP contribution in [0, 0.1) is 13.8 Å². The smallest absolute Gasteiger partial charge is 0.265 e. The van der Waals surface area contributed by atoms with Gasteiger partial charge < -0.3 is 10.2 Å². The fourth-order valence-electron chi connectivity index (χ4n) is 5.16. The van der Waals surface area contributed by atoms with E-state index in [0.717, 1.165) is 12.1 Å². The number of azo groups is 2. The number of para-hydroxylation sites is 2. The third kappa shape index (κ3) is 7.20. The van der Waals surface area contributed by atoms with Gasteiger partial charge in [-0.2, -0.15) is 29.8 Å². The van der Waals surface area contributed by atoms with Crippen molar-refractivity contribution in [2.75, 3.05) is 0 Å². The van der Waals surface area contributed by atoms with E-state index in [0.29, 0.717) is 22.8 Å². The molecular weight excluding hydrogens is 741 g/mol. The van der Waals surface area contributed by atoms with E-state index >= 15 is 0 Å². The average molecular weight is 765 g/mol. The molecule has 2 N–H and O–H groups in total. The second-order valence-electron chi connectivity index (χ2n) is 11.1. The van der Waals surface area contributed by atoms with Crippen LogP contribution in [-0.2, 0) is 20.0 Å². The summed E-state index contributed by atoms with van der Waals surface area (Å²) in [6.07, 6.45) is 0. The molecule has 270 valence electrons. The van der Waals surface area contributed by atoms with E-state index in [4.69, 9.17) is 11.1 Å². The molecule has 6 rings (SSSR count). The van der Waals surface area contributed by atoms with Crippen LogP contribution < -0.4 is 0 Å². The molecule has 0 aliphatic heterocycles. The highest BCUT2D eigenvalue weighted by atomic mass is 32.2. The summed E-state index contributed by atoms with van der Waals surface area (Å²) in [6.45, 7) is 3.15. The number of nitrogens with zero attached hydrogens (tertiary/aromatic N) is 14. The molecule has 6 aromatic rings. The summed E-state index contributed by atoms with van der Waals surface area (Å²) in [4.78, 5) is 3.43. The maximum Gasteiger partial charge on any atom is 0.265 e. The normalized spacial score (nSPS) is 11.8. The highest BCUT2D eigenvalue weighted by Gasteiger charge is 2.26. The highest BCUT2D eigenvalue weighted by Crippen LogP contribution is 2.40. The van der Waals surface area contributed by atoms with Crippen molar-refractivity contribution in [2.24, 2.45) is 29.5 Å². The van der Waals surface area contributed by atoms with E-state index in [1.54, 1.807) is 74.5 Å². The van der Waals surface area contributed by atoms with Gasteiger partial charge in [-0.1, -0.05) is 48.5 Å². The van der Waals surface area contributed by atoms with E-state index in [9.17, 15) is 27.0 Å². The Balaban J connectivity index is 1.44. The molecule has 54 heavy (non-hydrogen) atoms. The zero-order chi connectivity index (χ0) is 38.6. The largest absolute Gasteiger partial charge is 0.492 e. The summed E-state index contributed by atoms with van der Waals surface area (Å²) >= 11 is 0. The number of sulfonamides is 2. The highest BCUT2D eigenvalue weighted by molar-refractivity contribution is 7.90. The van der Waals surface area contributed by atoms with E-state index in [1.807, 2.05) is 0 Å². The maximum atomic E-state index is 13.3. The molecule has 2 heterocycles. The van der Waals surface area contributed by atoms with Crippen LogP contribution >= 0.6 is 0 Å². The Labute approximate surface area is 305 Å². The number of aromatic hydroxyl groups is 2. The standard InChI is InChI=1S/C32H24N14O6S2/c1-19-29(31(47)45(39-19)23-9-5-3-6-10-23)37-35-21-13-15-25(27(17-21)53(49,50)43-41-33)26-16-14-22(18-28(26)54(51,52)44-42-34)36-38-30-20(2)40-46(32(30)48)24-11-7-4-8-12-24/h3-18,47-48H,1-2H3/b37-35+,38-36+. The number of hydrogen-bond acceptors (Lipinski definition) is 12. The number of hydrogen-bond donors (Lipinski definition) is 2. The number of aromatic nitrogens is 4. The van der Waals surface area contributed by atoms with E-state index in [1.165, 1.54) is 33.6 Å². The van der Waals surface area contributed by atoms with Crippen molar-refractivity contribution >= 4 is 42.8 Å². The molecule has 0 aliphatic carbocycles. The number of azide groups is 2. The number of benzene rings is 4. The van der Waals surface area contributed by atoms with Crippen LogP contribution in [-0.4, -0.2) is 46.6 Å². The molecule has 0 fully saturated rings. The van der Waals surface area contributed by atoms with Crippen LogP contribution in [0.3, 0.4) is 0 Å². The molecule has 0 unspecified atom stereocenters. The van der Waals surface area contributed by atoms with Gasteiger partial charge in [0.05, 0.1) is 43.9 Å². The Bertz CT molecular complexity index is 2610. The molecule has 0 amide bonds. The maximum absolute atomic E-state index is 13.3. The van der Waals surface area contributed by atoms with Gasteiger partial charge in [-0.05, 0) is 73.4 Å². The summed E-state index contributed by atoms with van der Waals surface area (Å²) in [5.74, 6) is -0.692. The van der Waals surface area contributed by atoms with Gasteiger partial charge in [0.25, 0.3) is 20.0 Å². The Morgan fingerprint density at radius 3 is 1.30 bits per heavy atom. The van der Waals surface area contributed by atoms with Gasteiger partial charge in [0.15, 0.2) is 11.4 Å². The van der Waals surface area contributed by atoms with Gasteiger partial charge in [0.2, 0.25) is 11.8 Å². The first-order chi connectivity index (χ1) is 25.8. The lowest BCUT2D eigenvalue weighted by atomic mass is 10.0. The van der Waals surface area contributed by atoms with Crippen LogP contribution in [0.15, 0.2) is 136 Å². The van der Waals surface area contributed by atoms with Crippen LogP contribution in [0.1, 0.15) is 11.4 Å². The third-order valence-electron chi connectivity index (χ3n) is 7.61. The summed E-state index contributed by atoms with van der Waals surface area (Å²) in [7, 11) is -9.68. The molecule has 0 atom stereocenters. The molecular formula is C32H24N14O6S2. The van der Waals surface area contributed by atoms with Crippen LogP contribution in [0.4, 0.5) is 22.7 Å². The minimum atomic E-state index is -4.84. The van der Waals surface area contributed by atoms with E-state index in [-0.39, 0.29) is 45.6 Å². The van der Waals surface area contributed by atoms with Gasteiger partial charge in [0.1, 0.15) is 0 Å². The Hall–Kier alpha value is -7.38. The van der Waals surface area contributed by atoms with Gasteiger partial charge in [-0.15, -0.1) is 10.2 Å². The number of rotatable bonds is 11. The van der Waals surface area contributed by atoms with Crippen molar-refractivity contribution in [3.05, 3.63) is 129 Å². The monoisotopic (exact) mass is 764 g/mol. The van der Waals surface area contributed by atoms with Crippen LogP contribution in [0.25, 0.3) is 43.4 Å². The molecule has 0 spiro atoms. The van der Waals surface area contributed by atoms with E-state index in [2.05, 4.69) is 49.5 Å². The third-order valence-corrected chi connectivity index (χ3v) is 9.97. The van der Waals surface area contributed by atoms with Crippen molar-refractivity contribution < 1.29 is 27.0 Å². The fraction of sp³-hybridized carbons (Fsp3) is 0.0625. The molecule has 0 bridgehead atoms. The van der Waals surface area contributed by atoms with Gasteiger partial charge in [0, 0.05) is 30.0 Å². The molecule has 20 nitrogen and oxygen atoms in total. The lowest BCUT2D eigenvalue weighted by Gasteiger charge is -2.13. The molecule has 0 saturated heterocycles. The molecule has 0 aliphatic rings. The Morgan fingerprint density at radius 1 is 0.574 bits per heavy atom. The Morgan fingerprint density at radius 2 is 0.944 bits per heavy atom. The van der Waals surface area contributed by atoms with E-state index < -0.39 is 29.8 Å². The first-order valence-electron chi connectivity index (χ1n) is 15.3. The Kier molecular flexibility index (Phi) is 9.91. The van der Waals surface area contributed by atoms with Crippen molar-refractivity contribution in [3.8, 4) is 34.3 Å². The lowest BCUT2D eigenvalue weighted by Crippen LogP contribution is -2.03. The minimum absolute atomic E-state index is 0.0224. The molecule has 0 saturated carbocycles. The van der Waals surface area contributed by atoms with Crippen LogP contribution in [0.2, 0.25) is 0 Å². The van der Waals surface area contributed by atoms with Gasteiger partial charge in [-0.3, -0.25) is 0 Å². The molecule has 22 heteroatoms. The molecule has 2 aromatic heterocycles. The topological polar surface area (TPSA) is 291 Å². The fourth-order valence-corrected chi connectivity index (χ4v) is 6.98. The van der Waals surface area contributed by atoms with Crippen LogP contribution in [0.5, 0.6) is 11.8 Å². The summed E-state index contributed by atoms with van der Waals surface area (Å²) in [6, 6.07) is 24.3. The zero-order valence-corrected chi connectivity index (χ0v) is 29.5. The predicted octanol–water partition coefficient (Wildman–Crippen LogP) is 8.58. The van der Waals surface area contributed by atoms with Gasteiger partial charge >= 0.3 is 0 Å². The minimum Gasteiger partial charge on any atom is -0.492 e. The summed E-state index contributed by atoms with van der Waals surface area (Å²) in [5.41, 5.74) is 18.9. The first kappa shape index (κ1) is 36.4. The second-order valence-corrected chi connectivity index (χ2v) is 14.2. The van der Waals surface area contributed by atoms with Crippen molar-refractivity contribution in [1.82, 2.24) is 19.6 Å². The summed E-state index contributed by atoms with van der Waals surface area (Å²) in [5, 5.41) is 46.4. The average Bonchev–Trinajstić information content (AvgIpc) is 3.61. The van der Waals surface area contributed by atoms with Crippen molar-refractivity contribution in [3.63, 3.8) is 0 Å². The SMILES string of the molecule is Cc1nn(-c2ccccc2)c(O)c1/N=N/c1ccc(-c2ccc(/N=N/c3c(C)nn(-c4ccccc4)c3O)cc2S(=O)(=O)N=[N+]=[N-])c(S(=O)(=O)N=[N+]=[N-])c1. The van der Waals surface area contributed by atoms with Gasteiger partial charge in [-0.25, -0.2) is 16.8 Å². The van der Waals surface area contributed by atoms with Crippen molar-refractivity contribution in [2.45, 2.75) is 23.6 Å². The first-order valence-corrected chi connectivity index (χ1v) is 18.2. The molecule has 0 radical (unpaired) electrons. The second kappa shape index (κ2) is 14.7. The quantitative estimate of drug-likeness (QED) is 0.0729. The number of aryl methyl sites for hydroxylation is 2. The summed E-state index contributed by atoms with van der Waals surface area (Å²) < 4.78 is 61.3. The zero-order valence-electron chi connectivity index (χ0n) is 27.8. The molecule has 4 aromatic carbocycles. The van der Waals surface area contributed by atoms with Crippen molar-refractivity contribution in [1.29, 1.82) is 0 Å².